The van der Waals surface area contributed by atoms with E-state index < -0.39 is 5.97 Å². The Hall–Kier alpha value is -1.58. The Labute approximate surface area is 75.2 Å². The number of nitrogens with zero attached hydrogens (tertiary/aromatic N) is 1. The summed E-state index contributed by atoms with van der Waals surface area (Å²) in [7, 11) is 0. The molecule has 0 bridgehead atoms. The number of carbonyl (C=O) groups is 1. The van der Waals surface area contributed by atoms with Crippen LogP contribution in [0.4, 0.5) is 0 Å². The first-order valence-electron chi connectivity index (χ1n) is 4.12. The van der Waals surface area contributed by atoms with Gasteiger partial charge in [0, 0.05) is 12.3 Å². The maximum Gasteiger partial charge on any atom is 0.354 e. The molecule has 1 fully saturated rings. The Morgan fingerprint density at radius 3 is 3.00 bits per heavy atom. The van der Waals surface area contributed by atoms with Crippen LogP contribution in [0.1, 0.15) is 23.3 Å². The monoisotopic (exact) mass is 179 g/mol. The minimum atomic E-state index is -1.03. The molecule has 0 unspecified atom stereocenters. The molecule has 13 heavy (non-hydrogen) atoms. The van der Waals surface area contributed by atoms with Crippen molar-refractivity contribution >= 4 is 5.97 Å². The fourth-order valence-electron chi connectivity index (χ4n) is 0.980. The number of aromatic nitrogens is 1. The number of carboxylic acids is 1. The fraction of sp³-hybridized carbons (Fsp3) is 0.333. The second-order valence-corrected chi connectivity index (χ2v) is 3.00. The van der Waals surface area contributed by atoms with Gasteiger partial charge in [0.2, 0.25) is 0 Å². The zero-order valence-electron chi connectivity index (χ0n) is 6.93. The van der Waals surface area contributed by atoms with E-state index in [-0.39, 0.29) is 11.8 Å². The lowest BCUT2D eigenvalue weighted by Crippen LogP contribution is -2.02. The molecule has 4 nitrogen and oxygen atoms in total. The van der Waals surface area contributed by atoms with Gasteiger partial charge in [-0.05, 0) is 18.9 Å². The summed E-state index contributed by atoms with van der Waals surface area (Å²) in [5, 5.41) is 8.64. The molecule has 0 aliphatic heterocycles. The molecule has 2 rings (SSSR count). The molecular formula is C9H9NO3. The van der Waals surface area contributed by atoms with Crippen molar-refractivity contribution in [2.24, 2.45) is 0 Å². The highest BCUT2D eigenvalue weighted by Crippen LogP contribution is 2.26. The summed E-state index contributed by atoms with van der Waals surface area (Å²) < 4.78 is 5.41. The van der Waals surface area contributed by atoms with Gasteiger partial charge in [0.25, 0.3) is 0 Å². The molecule has 1 heterocycles. The second-order valence-electron chi connectivity index (χ2n) is 3.00. The molecule has 1 N–H and O–H groups in total. The van der Waals surface area contributed by atoms with Crippen LogP contribution >= 0.6 is 0 Å². The topological polar surface area (TPSA) is 59.4 Å². The maximum atomic E-state index is 10.5. The molecular weight excluding hydrogens is 170 g/mol. The number of hydrogen-bond acceptors (Lipinski definition) is 3. The maximum absolute atomic E-state index is 10.5. The first-order valence-corrected chi connectivity index (χ1v) is 4.12. The number of pyridine rings is 1. The van der Waals surface area contributed by atoms with Crippen LogP contribution in [0.25, 0.3) is 0 Å². The molecule has 1 aliphatic rings. The third-order valence-corrected chi connectivity index (χ3v) is 1.78. The average Bonchev–Trinajstić information content (AvgIpc) is 2.89. The first-order chi connectivity index (χ1) is 6.25. The SMILES string of the molecule is O=C(O)c1cc(OC2CC2)ccn1. The van der Waals surface area contributed by atoms with Crippen LogP contribution in [0.5, 0.6) is 5.75 Å². The second kappa shape index (κ2) is 3.05. The van der Waals surface area contributed by atoms with Gasteiger partial charge < -0.3 is 9.84 Å². The Morgan fingerprint density at radius 1 is 1.62 bits per heavy atom. The molecule has 0 radical (unpaired) electrons. The quantitative estimate of drug-likeness (QED) is 0.760. The van der Waals surface area contributed by atoms with Crippen LogP contribution in [0.2, 0.25) is 0 Å². The Balaban J connectivity index is 2.15. The van der Waals surface area contributed by atoms with Gasteiger partial charge in [0.05, 0.1) is 6.10 Å². The van der Waals surface area contributed by atoms with E-state index in [2.05, 4.69) is 4.98 Å². The summed E-state index contributed by atoms with van der Waals surface area (Å²) in [6, 6.07) is 3.12. The highest BCUT2D eigenvalue weighted by atomic mass is 16.5. The lowest BCUT2D eigenvalue weighted by atomic mass is 10.3. The summed E-state index contributed by atoms with van der Waals surface area (Å²) in [5.74, 6) is -0.434. The van der Waals surface area contributed by atoms with Crippen LogP contribution < -0.4 is 4.74 Å². The van der Waals surface area contributed by atoms with Gasteiger partial charge in [-0.1, -0.05) is 0 Å². The van der Waals surface area contributed by atoms with Crippen LogP contribution in [0, 0.1) is 0 Å². The van der Waals surface area contributed by atoms with Crippen molar-refractivity contribution in [2.45, 2.75) is 18.9 Å². The lowest BCUT2D eigenvalue weighted by Gasteiger charge is -2.03. The standard InChI is InChI=1S/C9H9NO3/c11-9(12)8-5-7(3-4-10-8)13-6-1-2-6/h3-6H,1-2H2,(H,11,12). The predicted octanol–water partition coefficient (Wildman–Crippen LogP) is 1.32. The van der Waals surface area contributed by atoms with Gasteiger partial charge in [-0.2, -0.15) is 0 Å². The third-order valence-electron chi connectivity index (χ3n) is 1.78. The normalized spacial score (nSPS) is 15.4. The molecule has 1 aliphatic carbocycles. The summed E-state index contributed by atoms with van der Waals surface area (Å²) in [6.07, 6.45) is 3.85. The van der Waals surface area contributed by atoms with Gasteiger partial charge in [-0.25, -0.2) is 9.78 Å². The Morgan fingerprint density at radius 2 is 2.38 bits per heavy atom. The van der Waals surface area contributed by atoms with Crippen molar-refractivity contribution < 1.29 is 14.6 Å². The van der Waals surface area contributed by atoms with Crippen LogP contribution in [0.15, 0.2) is 18.3 Å². The van der Waals surface area contributed by atoms with Gasteiger partial charge in [-0.15, -0.1) is 0 Å². The van der Waals surface area contributed by atoms with Crippen molar-refractivity contribution in [1.82, 2.24) is 4.98 Å². The largest absolute Gasteiger partial charge is 0.490 e. The van der Waals surface area contributed by atoms with E-state index in [1.54, 1.807) is 6.07 Å². The highest BCUT2D eigenvalue weighted by molar-refractivity contribution is 5.85. The number of aromatic carboxylic acids is 1. The van der Waals surface area contributed by atoms with E-state index in [1.807, 2.05) is 0 Å². The van der Waals surface area contributed by atoms with Crippen LogP contribution in [0.3, 0.4) is 0 Å². The smallest absolute Gasteiger partial charge is 0.354 e. The zero-order chi connectivity index (χ0) is 9.26. The van der Waals surface area contributed by atoms with Crippen molar-refractivity contribution in [3.63, 3.8) is 0 Å². The Bertz CT molecular complexity index is 333. The molecule has 0 atom stereocenters. The molecule has 0 spiro atoms. The molecule has 0 aromatic carbocycles. The molecule has 0 saturated heterocycles. The molecule has 1 aromatic heterocycles. The lowest BCUT2D eigenvalue weighted by molar-refractivity contribution is 0.0690. The number of ether oxygens (including phenoxy) is 1. The number of carboxylic acid groups (broad SMARTS) is 1. The summed E-state index contributed by atoms with van der Waals surface area (Å²) in [5.41, 5.74) is 0.0261. The summed E-state index contributed by atoms with van der Waals surface area (Å²) >= 11 is 0. The van der Waals surface area contributed by atoms with Gasteiger partial charge >= 0.3 is 5.97 Å². The van der Waals surface area contributed by atoms with Crippen molar-refractivity contribution in [3.8, 4) is 5.75 Å². The minimum absolute atomic E-state index is 0.0261. The molecule has 1 saturated carbocycles. The van der Waals surface area contributed by atoms with Crippen molar-refractivity contribution in [3.05, 3.63) is 24.0 Å². The van der Waals surface area contributed by atoms with E-state index in [1.165, 1.54) is 12.3 Å². The van der Waals surface area contributed by atoms with E-state index >= 15 is 0 Å². The fourth-order valence-corrected chi connectivity index (χ4v) is 0.980. The molecule has 0 amide bonds. The third kappa shape index (κ3) is 1.96. The van der Waals surface area contributed by atoms with E-state index in [4.69, 9.17) is 9.84 Å². The molecule has 1 aromatic rings. The van der Waals surface area contributed by atoms with E-state index in [0.717, 1.165) is 12.8 Å². The number of rotatable bonds is 3. The highest BCUT2D eigenvalue weighted by Gasteiger charge is 2.23. The van der Waals surface area contributed by atoms with Gasteiger partial charge in [0.15, 0.2) is 5.69 Å². The zero-order valence-corrected chi connectivity index (χ0v) is 6.93. The Kier molecular flexibility index (Phi) is 1.88. The molecule has 4 heteroatoms. The summed E-state index contributed by atoms with van der Waals surface area (Å²) in [6.45, 7) is 0. The van der Waals surface area contributed by atoms with Crippen LogP contribution in [-0.4, -0.2) is 22.2 Å². The minimum Gasteiger partial charge on any atom is -0.490 e. The van der Waals surface area contributed by atoms with E-state index in [0.29, 0.717) is 5.75 Å². The summed E-state index contributed by atoms with van der Waals surface area (Å²) in [4.78, 5) is 14.2. The van der Waals surface area contributed by atoms with Crippen LogP contribution in [-0.2, 0) is 0 Å². The van der Waals surface area contributed by atoms with Crippen molar-refractivity contribution in [2.75, 3.05) is 0 Å². The van der Waals surface area contributed by atoms with Gasteiger partial charge in [0.1, 0.15) is 5.75 Å². The molecule has 68 valence electrons. The number of hydrogen-bond donors (Lipinski definition) is 1. The first kappa shape index (κ1) is 8.04. The predicted molar refractivity (Wildman–Crippen MR) is 44.8 cm³/mol. The van der Waals surface area contributed by atoms with Gasteiger partial charge in [-0.3, -0.25) is 0 Å². The van der Waals surface area contributed by atoms with E-state index in [9.17, 15) is 4.79 Å². The van der Waals surface area contributed by atoms with Crippen molar-refractivity contribution in [1.29, 1.82) is 0 Å². The average molecular weight is 179 g/mol.